The van der Waals surface area contributed by atoms with Crippen LogP contribution < -0.4 is 0 Å². The van der Waals surface area contributed by atoms with Gasteiger partial charge in [0.25, 0.3) is 5.85 Å². The quantitative estimate of drug-likeness (QED) is 0.375. The molecule has 2 aliphatic heterocycles. The van der Waals surface area contributed by atoms with E-state index < -0.39 is 56.7 Å². The van der Waals surface area contributed by atoms with Crippen molar-refractivity contribution in [1.29, 1.82) is 0 Å². The van der Waals surface area contributed by atoms with E-state index in [4.69, 9.17) is 43.7 Å². The van der Waals surface area contributed by atoms with Gasteiger partial charge in [0.2, 0.25) is 0 Å². The van der Waals surface area contributed by atoms with Gasteiger partial charge in [0, 0.05) is 12.0 Å². The van der Waals surface area contributed by atoms with Gasteiger partial charge in [-0.05, 0) is 34.1 Å². The molecule has 0 aromatic heterocycles. The van der Waals surface area contributed by atoms with Gasteiger partial charge >= 0.3 is 7.82 Å². The summed E-state index contributed by atoms with van der Waals surface area (Å²) in [4.78, 5) is 10.1. The molecule has 2 fully saturated rings. The first kappa shape index (κ1) is 25.2. The zero-order valence-corrected chi connectivity index (χ0v) is 17.9. The van der Waals surface area contributed by atoms with Crippen LogP contribution >= 0.6 is 7.82 Å². The molecule has 0 aromatic carbocycles. The van der Waals surface area contributed by atoms with E-state index in [1.165, 1.54) is 0 Å². The van der Waals surface area contributed by atoms with Crippen LogP contribution in [0, 0.1) is 0 Å². The maximum absolute atomic E-state index is 15.1. The number of phosphoric acid groups is 1. The highest BCUT2D eigenvalue weighted by Crippen LogP contribution is 2.49. The molecule has 0 amide bonds. The molecule has 4 radical (unpaired) electrons. The highest BCUT2D eigenvalue weighted by molar-refractivity contribution is 7.47. The Hall–Kier alpha value is -0.0301. The fourth-order valence-electron chi connectivity index (χ4n) is 3.05. The third-order valence-corrected chi connectivity index (χ3v) is 5.32. The molecule has 0 bridgehead atoms. The Kier molecular flexibility index (Phi) is 8.75. The van der Waals surface area contributed by atoms with Crippen LogP contribution in [-0.4, -0.2) is 93.4 Å². The van der Waals surface area contributed by atoms with E-state index in [9.17, 15) is 14.6 Å². The molecule has 8 unspecified atom stereocenters. The molecule has 29 heavy (non-hydrogen) atoms. The van der Waals surface area contributed by atoms with E-state index in [0.29, 0.717) is 0 Å². The van der Waals surface area contributed by atoms with Gasteiger partial charge in [0.15, 0.2) is 0 Å². The maximum Gasteiger partial charge on any atom is 0.472 e. The molecule has 164 valence electrons. The van der Waals surface area contributed by atoms with Gasteiger partial charge in [-0.25, -0.2) is 8.96 Å². The molecule has 2 N–H and O–H groups in total. The number of aliphatic hydroxyl groups is 1. The highest BCUT2D eigenvalue weighted by atomic mass is 31.2. The summed E-state index contributed by atoms with van der Waals surface area (Å²) in [5, 5.41) is 10.1. The molecular formula is C16H28B2FO9P. The minimum absolute atomic E-state index is 0.0393. The van der Waals surface area contributed by atoms with Gasteiger partial charge in [0.05, 0.1) is 18.8 Å². The smallest absolute Gasteiger partial charge is 0.388 e. The molecule has 0 saturated carbocycles. The van der Waals surface area contributed by atoms with Crippen molar-refractivity contribution in [2.45, 2.75) is 88.6 Å². The van der Waals surface area contributed by atoms with Crippen LogP contribution in [0.1, 0.15) is 34.1 Å². The monoisotopic (exact) mass is 436 g/mol. The van der Waals surface area contributed by atoms with Crippen LogP contribution in [0.5, 0.6) is 0 Å². The third kappa shape index (κ3) is 6.98. The van der Waals surface area contributed by atoms with Gasteiger partial charge in [-0.2, -0.15) is 0 Å². The SMILES string of the molecule is [B]C1CC(OC(C)C)C(F)(COP(=O)(O)OC2C(COC(C)C)OC([B])C2O)O1. The number of ether oxygens (including phenoxy) is 4. The Balaban J connectivity index is 1.99. The molecule has 2 rings (SSSR count). The van der Waals surface area contributed by atoms with Crippen LogP contribution in [0.4, 0.5) is 4.39 Å². The van der Waals surface area contributed by atoms with Crippen LogP contribution in [0.15, 0.2) is 0 Å². The van der Waals surface area contributed by atoms with Crippen LogP contribution in [0.3, 0.4) is 0 Å². The summed E-state index contributed by atoms with van der Waals surface area (Å²) in [6.45, 7) is 5.97. The van der Waals surface area contributed by atoms with Crippen molar-refractivity contribution in [1.82, 2.24) is 0 Å². The Labute approximate surface area is 172 Å². The zero-order chi connectivity index (χ0) is 22.0. The Morgan fingerprint density at radius 3 is 2.52 bits per heavy atom. The summed E-state index contributed by atoms with van der Waals surface area (Å²) in [6, 6.07) is -2.10. The molecule has 9 nitrogen and oxygen atoms in total. The number of rotatable bonds is 10. The summed E-state index contributed by atoms with van der Waals surface area (Å²) in [6.07, 6.45) is -5.16. The largest absolute Gasteiger partial charge is 0.472 e. The standard InChI is InChI=1S/C16H28B2FO9P/c1-8(2)23-6-10-14(13(20)15(18)26-10)28-29(21,22)24-7-16(19)11(25-9(3)4)5-12(17)27-16/h8-15,20H,5-7H2,1-4H3,(H,21,22). The number of hydrogen-bond acceptors (Lipinski definition) is 8. The van der Waals surface area contributed by atoms with E-state index >= 15 is 4.39 Å². The second-order valence-electron chi connectivity index (χ2n) is 7.68. The number of aliphatic hydroxyl groups excluding tert-OH is 1. The van der Waals surface area contributed by atoms with Crippen molar-refractivity contribution in [3.63, 3.8) is 0 Å². The lowest BCUT2D eigenvalue weighted by Gasteiger charge is -2.29. The van der Waals surface area contributed by atoms with Gasteiger partial charge in [-0.1, -0.05) is 0 Å². The average Bonchev–Trinajstić information content (AvgIpc) is 3.01. The van der Waals surface area contributed by atoms with Crippen molar-refractivity contribution >= 4 is 23.5 Å². The second-order valence-corrected chi connectivity index (χ2v) is 9.08. The minimum atomic E-state index is -4.83. The highest BCUT2D eigenvalue weighted by Gasteiger charge is 2.52. The maximum atomic E-state index is 15.1. The lowest BCUT2D eigenvalue weighted by molar-refractivity contribution is -0.203. The van der Waals surface area contributed by atoms with Gasteiger partial charge in [0.1, 0.15) is 46.7 Å². The van der Waals surface area contributed by atoms with E-state index in [0.717, 1.165) is 0 Å². The Bertz CT molecular complexity index is 587. The van der Waals surface area contributed by atoms with Crippen LogP contribution in [0.2, 0.25) is 0 Å². The number of halogens is 1. The van der Waals surface area contributed by atoms with E-state index in [1.54, 1.807) is 27.7 Å². The fourth-order valence-corrected chi connectivity index (χ4v) is 4.02. The molecule has 2 heterocycles. The van der Waals surface area contributed by atoms with Crippen molar-refractivity contribution in [2.24, 2.45) is 0 Å². The number of phosphoric ester groups is 1. The topological polar surface area (TPSA) is 113 Å². The first-order valence-corrected chi connectivity index (χ1v) is 11.0. The van der Waals surface area contributed by atoms with Crippen molar-refractivity contribution in [2.75, 3.05) is 13.2 Å². The lowest BCUT2D eigenvalue weighted by atomic mass is 9.93. The van der Waals surface area contributed by atoms with Gasteiger partial charge in [-0.15, -0.1) is 0 Å². The van der Waals surface area contributed by atoms with Gasteiger partial charge in [-0.3, -0.25) is 9.05 Å². The zero-order valence-electron chi connectivity index (χ0n) is 17.0. The molecule has 0 aliphatic carbocycles. The first-order chi connectivity index (χ1) is 13.3. The van der Waals surface area contributed by atoms with Crippen molar-refractivity contribution < 1.29 is 47.0 Å². The molecule has 2 saturated heterocycles. The van der Waals surface area contributed by atoms with Crippen molar-refractivity contribution in [3.05, 3.63) is 0 Å². The second kappa shape index (κ2) is 10.1. The summed E-state index contributed by atoms with van der Waals surface area (Å²) < 4.78 is 58.5. The molecular weight excluding hydrogens is 408 g/mol. The molecule has 8 atom stereocenters. The van der Waals surface area contributed by atoms with Crippen LogP contribution in [-0.2, 0) is 32.6 Å². The van der Waals surface area contributed by atoms with E-state index in [-0.39, 0.29) is 25.2 Å². The Morgan fingerprint density at radius 2 is 1.93 bits per heavy atom. The number of alkyl halides is 1. The lowest BCUT2D eigenvalue weighted by Crippen LogP contribution is -2.42. The summed E-state index contributed by atoms with van der Waals surface area (Å²) in [5.74, 6) is -2.53. The molecule has 2 aliphatic rings. The third-order valence-electron chi connectivity index (χ3n) is 4.36. The average molecular weight is 436 g/mol. The van der Waals surface area contributed by atoms with Crippen molar-refractivity contribution in [3.8, 4) is 0 Å². The predicted molar refractivity (Wildman–Crippen MR) is 101 cm³/mol. The predicted octanol–water partition coefficient (Wildman–Crippen LogP) is 0.542. The minimum Gasteiger partial charge on any atom is -0.388 e. The molecule has 13 heteroatoms. The Morgan fingerprint density at radius 1 is 1.28 bits per heavy atom. The molecule has 0 spiro atoms. The normalized spacial score (nSPS) is 40.0. The fraction of sp³-hybridized carbons (Fsp3) is 1.00. The van der Waals surface area contributed by atoms with E-state index in [1.807, 2.05) is 0 Å². The number of hydrogen-bond donors (Lipinski definition) is 2. The van der Waals surface area contributed by atoms with Crippen LogP contribution in [0.25, 0.3) is 0 Å². The first-order valence-electron chi connectivity index (χ1n) is 9.47. The summed E-state index contributed by atoms with van der Waals surface area (Å²) in [5.41, 5.74) is 0. The summed E-state index contributed by atoms with van der Waals surface area (Å²) in [7, 11) is 6.41. The van der Waals surface area contributed by atoms with E-state index in [2.05, 4.69) is 0 Å². The molecule has 0 aromatic rings. The summed E-state index contributed by atoms with van der Waals surface area (Å²) >= 11 is 0. The van der Waals surface area contributed by atoms with Gasteiger partial charge < -0.3 is 28.9 Å².